The zero-order valence-electron chi connectivity index (χ0n) is 47.3. The Bertz CT molecular complexity index is 1890. The van der Waals surface area contributed by atoms with Gasteiger partial charge in [-0.25, -0.2) is 0 Å². The first-order valence-electron chi connectivity index (χ1n) is 25.6. The van der Waals surface area contributed by atoms with Crippen molar-refractivity contribution in [3.8, 4) is 0 Å². The van der Waals surface area contributed by atoms with Crippen LogP contribution in [0.25, 0.3) is 0 Å². The van der Waals surface area contributed by atoms with Crippen molar-refractivity contribution in [1.29, 1.82) is 0 Å². The lowest BCUT2D eigenvalue weighted by Gasteiger charge is -2.23. The van der Waals surface area contributed by atoms with E-state index in [-0.39, 0.29) is 238 Å². The maximum absolute atomic E-state index is 11.2. The summed E-state index contributed by atoms with van der Waals surface area (Å²) in [6.45, 7) is 3.88. The second-order valence-corrected chi connectivity index (χ2v) is 24.7. The Morgan fingerprint density at radius 1 is 0.185 bits per heavy atom. The van der Waals surface area contributed by atoms with Gasteiger partial charge in [0, 0.05) is 0 Å². The zero-order valence-corrected chi connectivity index (χ0v) is 51.4. The summed E-state index contributed by atoms with van der Waals surface area (Å²) in [5, 5.41) is 0. The molecule has 0 heterocycles. The van der Waals surface area contributed by atoms with Gasteiger partial charge in [-0.2, -0.15) is 42.1 Å². The first-order chi connectivity index (χ1) is 38.4. The molecule has 0 radical (unpaired) electrons. The molecule has 0 rings (SSSR count). The van der Waals surface area contributed by atoms with Gasteiger partial charge in [0.15, 0.2) is 0 Å². The SMILES string of the molecule is CS(=O)(=O)OCCOCCOCCOCC(COCC(COCC(COCCOCCOCCOS(C)(=O)=O)OCCOCCOCCOS(C)(=O)=O)OCCOCCOCCOS(C)(=O)=O)OCCOCCOCCOS(C)(=O)=O. The summed E-state index contributed by atoms with van der Waals surface area (Å²) < 4.78 is 231. The van der Waals surface area contributed by atoms with Crippen molar-refractivity contribution >= 4 is 50.6 Å². The summed E-state index contributed by atoms with van der Waals surface area (Å²) in [5.74, 6) is 0. The van der Waals surface area contributed by atoms with E-state index in [1.165, 1.54) is 0 Å². The average Bonchev–Trinajstić information content (AvgIpc) is 3.36. The lowest BCUT2D eigenvalue weighted by Crippen LogP contribution is -2.34. The van der Waals surface area contributed by atoms with E-state index in [1.807, 2.05) is 0 Å². The van der Waals surface area contributed by atoms with E-state index in [1.54, 1.807) is 0 Å². The van der Waals surface area contributed by atoms with Gasteiger partial charge in [0.1, 0.15) is 18.3 Å². The maximum atomic E-state index is 11.2. The van der Waals surface area contributed by atoms with Crippen LogP contribution in [-0.2, 0) is 152 Å². The predicted octanol–water partition coefficient (Wildman–Crippen LogP) is -2.74. The van der Waals surface area contributed by atoms with Crippen molar-refractivity contribution in [3.63, 3.8) is 0 Å². The molecule has 37 heteroatoms. The highest BCUT2D eigenvalue weighted by molar-refractivity contribution is 7.86. The summed E-state index contributed by atoms with van der Waals surface area (Å²) in [4.78, 5) is 0. The molecule has 0 saturated carbocycles. The van der Waals surface area contributed by atoms with Gasteiger partial charge in [-0.1, -0.05) is 0 Å². The molecule has 0 aromatic rings. The van der Waals surface area contributed by atoms with Gasteiger partial charge in [0.05, 0.1) is 269 Å². The molecule has 0 aliphatic carbocycles. The standard InChI is InChI=1S/C44H90O32S5/c1-77(45,46)72-31-23-60-11-6-55-16-18-65-36-42(69-28-20-57-8-13-62-25-33-74-79(3,49)50)38-67-40-44(71-30-22-59-10-15-64-27-35-76-81(5,53)54)41-68-39-43(70-29-21-58-9-14-63-26-34-75-80(4,51)52)37-66-19-17-56-7-12-61-24-32-73-78(2,47)48/h42-44H,6-41H2,1-5H3. The molecule has 0 saturated heterocycles. The summed E-state index contributed by atoms with van der Waals surface area (Å²) in [7, 11) is -17.9. The fraction of sp³-hybridized carbons (Fsp3) is 1.00. The van der Waals surface area contributed by atoms with Crippen molar-refractivity contribution in [1.82, 2.24) is 0 Å². The Morgan fingerprint density at radius 3 is 0.494 bits per heavy atom. The molecule has 0 amide bonds. The van der Waals surface area contributed by atoms with Crippen LogP contribution in [0, 0.1) is 0 Å². The van der Waals surface area contributed by atoms with Crippen LogP contribution in [0.3, 0.4) is 0 Å². The van der Waals surface area contributed by atoms with Crippen molar-refractivity contribution in [3.05, 3.63) is 0 Å². The Balaban J connectivity index is 5.53. The zero-order chi connectivity index (χ0) is 60.2. The lowest BCUT2D eigenvalue weighted by atomic mass is 10.3. The fourth-order valence-corrected chi connectivity index (χ4v) is 7.27. The third kappa shape index (κ3) is 67.9. The smallest absolute Gasteiger partial charge is 0.264 e. The monoisotopic (exact) mass is 1290 g/mol. The van der Waals surface area contributed by atoms with E-state index >= 15 is 0 Å². The van der Waals surface area contributed by atoms with Crippen molar-refractivity contribution in [2.24, 2.45) is 0 Å². The molecule has 0 spiro atoms. The molecule has 0 aromatic heterocycles. The maximum Gasteiger partial charge on any atom is 0.264 e. The summed E-state index contributed by atoms with van der Waals surface area (Å²) >= 11 is 0. The molecule has 0 fully saturated rings. The van der Waals surface area contributed by atoms with Gasteiger partial charge in [-0.3, -0.25) is 20.9 Å². The molecule has 0 aliphatic rings. The molecule has 0 aliphatic heterocycles. The third-order valence-corrected chi connectivity index (χ3v) is 11.8. The quantitative estimate of drug-likeness (QED) is 0.0440. The normalized spacial score (nSPS) is 14.0. The number of ether oxygens (including phenoxy) is 17. The Hall–Kier alpha value is -1.13. The van der Waals surface area contributed by atoms with Crippen LogP contribution >= 0.6 is 0 Å². The minimum absolute atomic E-state index is 0.0304. The van der Waals surface area contributed by atoms with Crippen LogP contribution < -0.4 is 0 Å². The molecule has 488 valence electrons. The molecule has 2 atom stereocenters. The molecule has 81 heavy (non-hydrogen) atoms. The average molecular weight is 1290 g/mol. The molecule has 2 unspecified atom stereocenters. The number of rotatable bonds is 65. The highest BCUT2D eigenvalue weighted by Gasteiger charge is 2.18. The summed E-state index contributed by atoms with van der Waals surface area (Å²) in [5.41, 5.74) is 0. The van der Waals surface area contributed by atoms with Crippen molar-refractivity contribution in [2.45, 2.75) is 18.3 Å². The van der Waals surface area contributed by atoms with Gasteiger partial charge in [-0.15, -0.1) is 0 Å². The minimum atomic E-state index is -3.59. The number of hydrogen-bond donors (Lipinski definition) is 0. The minimum Gasteiger partial charge on any atom is -0.377 e. The summed E-state index contributed by atoms with van der Waals surface area (Å²) in [6, 6.07) is 0. The molecule has 32 nitrogen and oxygen atoms in total. The third-order valence-electron chi connectivity index (χ3n) is 8.80. The second kappa shape index (κ2) is 52.0. The fourth-order valence-electron chi connectivity index (χ4n) is 5.41. The Labute approximate surface area is 479 Å². The van der Waals surface area contributed by atoms with Crippen LogP contribution in [0.2, 0.25) is 0 Å². The first-order valence-corrected chi connectivity index (χ1v) is 34.7. The first kappa shape index (κ1) is 79.9. The summed E-state index contributed by atoms with van der Waals surface area (Å²) in [6.07, 6.45) is 2.92. The topological polar surface area (TPSA) is 374 Å². The Kier molecular flexibility index (Phi) is 51.3. The van der Waals surface area contributed by atoms with Crippen molar-refractivity contribution < 1.29 is 144 Å². The van der Waals surface area contributed by atoms with E-state index in [0.717, 1.165) is 31.3 Å². The van der Waals surface area contributed by atoms with E-state index in [0.29, 0.717) is 0 Å². The predicted molar refractivity (Wildman–Crippen MR) is 285 cm³/mol. The van der Waals surface area contributed by atoms with Crippen LogP contribution in [0.5, 0.6) is 0 Å². The number of hydrogen-bond acceptors (Lipinski definition) is 32. The van der Waals surface area contributed by atoms with E-state index in [4.69, 9.17) is 80.5 Å². The van der Waals surface area contributed by atoms with Gasteiger partial charge in [-0.05, 0) is 0 Å². The second-order valence-electron chi connectivity index (χ2n) is 16.5. The molecular weight excluding hydrogens is 1200 g/mol. The molecule has 0 aromatic carbocycles. The van der Waals surface area contributed by atoms with Gasteiger partial charge in [0.25, 0.3) is 50.6 Å². The molecule has 0 N–H and O–H groups in total. The van der Waals surface area contributed by atoms with Crippen LogP contribution in [-0.4, -0.2) is 330 Å². The molecular formula is C44H90O32S5. The van der Waals surface area contributed by atoms with E-state index in [2.05, 4.69) is 20.9 Å². The van der Waals surface area contributed by atoms with E-state index in [9.17, 15) is 42.1 Å². The molecule has 0 bridgehead atoms. The highest BCUT2D eigenvalue weighted by atomic mass is 32.2. The van der Waals surface area contributed by atoms with Crippen LogP contribution in [0.15, 0.2) is 0 Å². The van der Waals surface area contributed by atoms with Crippen LogP contribution in [0.1, 0.15) is 0 Å². The van der Waals surface area contributed by atoms with E-state index < -0.39 is 68.9 Å². The van der Waals surface area contributed by atoms with Gasteiger partial charge < -0.3 is 80.5 Å². The van der Waals surface area contributed by atoms with Gasteiger partial charge >= 0.3 is 0 Å². The van der Waals surface area contributed by atoms with Gasteiger partial charge in [0.2, 0.25) is 0 Å². The van der Waals surface area contributed by atoms with Crippen molar-refractivity contribution in [2.75, 3.05) is 269 Å². The highest BCUT2D eigenvalue weighted by Crippen LogP contribution is 2.04. The lowest BCUT2D eigenvalue weighted by molar-refractivity contribution is -0.121. The Morgan fingerprint density at radius 2 is 0.321 bits per heavy atom. The van der Waals surface area contributed by atoms with Crippen LogP contribution in [0.4, 0.5) is 0 Å². The largest absolute Gasteiger partial charge is 0.377 e.